The lowest BCUT2D eigenvalue weighted by atomic mass is 10.1. The summed E-state index contributed by atoms with van der Waals surface area (Å²) in [5.41, 5.74) is 0.269. The van der Waals surface area contributed by atoms with Crippen molar-refractivity contribution < 1.29 is 19.2 Å². The molecule has 0 unspecified atom stereocenters. The fourth-order valence-corrected chi connectivity index (χ4v) is 2.17. The van der Waals surface area contributed by atoms with Crippen molar-refractivity contribution in [2.75, 3.05) is 19.1 Å². The summed E-state index contributed by atoms with van der Waals surface area (Å²) in [4.78, 5) is 35.9. The van der Waals surface area contributed by atoms with Gasteiger partial charge in [0.15, 0.2) is 0 Å². The van der Waals surface area contributed by atoms with Gasteiger partial charge in [0.1, 0.15) is 0 Å². The summed E-state index contributed by atoms with van der Waals surface area (Å²) in [6.07, 6.45) is 0. The molecular weight excluding hydrogens is 326 g/mol. The summed E-state index contributed by atoms with van der Waals surface area (Å²) >= 11 is 0. The molecule has 0 radical (unpaired) electrons. The number of nitriles is 1. The van der Waals surface area contributed by atoms with Crippen molar-refractivity contribution in [2.24, 2.45) is 0 Å². The first kappa shape index (κ1) is 17.6. The third kappa shape index (κ3) is 3.79. The van der Waals surface area contributed by atoms with Crippen LogP contribution in [0.15, 0.2) is 42.5 Å². The van der Waals surface area contributed by atoms with Crippen LogP contribution in [0.5, 0.6) is 0 Å². The maximum atomic E-state index is 12.7. The van der Waals surface area contributed by atoms with Crippen molar-refractivity contribution in [3.63, 3.8) is 0 Å². The highest BCUT2D eigenvalue weighted by molar-refractivity contribution is 6.07. The maximum absolute atomic E-state index is 12.7. The van der Waals surface area contributed by atoms with Gasteiger partial charge in [0.25, 0.3) is 11.6 Å². The maximum Gasteiger partial charge on any atom is 0.338 e. The van der Waals surface area contributed by atoms with E-state index in [0.717, 1.165) is 19.2 Å². The van der Waals surface area contributed by atoms with E-state index in [-0.39, 0.29) is 11.1 Å². The summed E-state index contributed by atoms with van der Waals surface area (Å²) in [6.45, 7) is 0. The van der Waals surface area contributed by atoms with Gasteiger partial charge in [-0.3, -0.25) is 14.9 Å². The zero-order valence-corrected chi connectivity index (χ0v) is 13.4. The molecule has 2 aromatic carbocycles. The Morgan fingerprint density at radius 1 is 1.20 bits per heavy atom. The van der Waals surface area contributed by atoms with Gasteiger partial charge in [-0.2, -0.15) is 5.26 Å². The second-order valence-corrected chi connectivity index (χ2v) is 5.04. The largest absolute Gasteiger partial charge is 0.465 e. The van der Waals surface area contributed by atoms with Crippen LogP contribution in [0.3, 0.4) is 0 Å². The van der Waals surface area contributed by atoms with E-state index < -0.39 is 22.5 Å². The molecule has 0 saturated carbocycles. The quantitative estimate of drug-likeness (QED) is 0.480. The zero-order valence-electron chi connectivity index (χ0n) is 13.4. The van der Waals surface area contributed by atoms with Crippen LogP contribution in [0, 0.1) is 21.4 Å². The van der Waals surface area contributed by atoms with Crippen LogP contribution >= 0.6 is 0 Å². The van der Waals surface area contributed by atoms with Gasteiger partial charge >= 0.3 is 5.97 Å². The van der Waals surface area contributed by atoms with E-state index >= 15 is 0 Å². The molecule has 0 aliphatic rings. The average Bonchev–Trinajstić information content (AvgIpc) is 2.65. The fraction of sp³-hybridized carbons (Fsp3) is 0.118. The van der Waals surface area contributed by atoms with Crippen molar-refractivity contribution in [1.82, 2.24) is 0 Å². The Labute approximate surface area is 143 Å². The summed E-state index contributed by atoms with van der Waals surface area (Å²) in [5.74, 6) is -1.35. The number of carbonyl (C=O) groups is 2. The summed E-state index contributed by atoms with van der Waals surface area (Å²) < 4.78 is 4.56. The topological polar surface area (TPSA) is 114 Å². The summed E-state index contributed by atoms with van der Waals surface area (Å²) in [6, 6.07) is 11.7. The Balaban J connectivity index is 2.46. The number of nitro benzene ring substituents is 1. The van der Waals surface area contributed by atoms with E-state index in [4.69, 9.17) is 5.26 Å². The van der Waals surface area contributed by atoms with Gasteiger partial charge in [0.05, 0.1) is 29.2 Å². The number of amides is 1. The van der Waals surface area contributed by atoms with Crippen LogP contribution in [0.2, 0.25) is 0 Å². The number of nitro groups is 1. The van der Waals surface area contributed by atoms with Gasteiger partial charge in [0.2, 0.25) is 0 Å². The number of hydrogen-bond donors (Lipinski definition) is 0. The molecule has 0 atom stereocenters. The minimum atomic E-state index is -0.785. The lowest BCUT2D eigenvalue weighted by Crippen LogP contribution is -2.26. The molecule has 0 spiro atoms. The van der Waals surface area contributed by atoms with Crippen LogP contribution in [-0.2, 0) is 4.74 Å². The molecule has 2 rings (SSSR count). The van der Waals surface area contributed by atoms with E-state index in [2.05, 4.69) is 4.74 Å². The number of methoxy groups -OCH3 is 1. The lowest BCUT2D eigenvalue weighted by Gasteiger charge is -2.18. The SMILES string of the molecule is COC(=O)c1cc(C(=O)N(C)c2cccc(C#N)c2)cc([N+](=O)[O-])c1. The zero-order chi connectivity index (χ0) is 18.6. The molecule has 0 aromatic heterocycles. The van der Waals surface area contributed by atoms with Crippen molar-refractivity contribution >= 4 is 23.3 Å². The van der Waals surface area contributed by atoms with Gasteiger partial charge in [-0.1, -0.05) is 6.07 Å². The minimum absolute atomic E-state index is 0.0422. The molecule has 0 fully saturated rings. The Bertz CT molecular complexity index is 901. The molecule has 8 nitrogen and oxygen atoms in total. The molecule has 0 aliphatic carbocycles. The van der Waals surface area contributed by atoms with Crippen LogP contribution in [-0.4, -0.2) is 31.0 Å². The van der Waals surface area contributed by atoms with Crippen LogP contribution in [0.1, 0.15) is 26.3 Å². The van der Waals surface area contributed by atoms with Crippen molar-refractivity contribution in [3.8, 4) is 6.07 Å². The molecule has 0 aliphatic heterocycles. The molecule has 0 heterocycles. The van der Waals surface area contributed by atoms with E-state index in [9.17, 15) is 19.7 Å². The van der Waals surface area contributed by atoms with E-state index in [1.165, 1.54) is 24.1 Å². The standard InChI is InChI=1S/C17H13N3O5/c1-19(14-5-3-4-11(6-14)10-18)16(21)12-7-13(17(22)25-2)9-15(8-12)20(23)24/h3-9H,1-2H3. The second kappa shape index (κ2) is 7.23. The predicted molar refractivity (Wildman–Crippen MR) is 88.3 cm³/mol. The number of ether oxygens (including phenoxy) is 1. The molecule has 0 N–H and O–H groups in total. The first-order chi connectivity index (χ1) is 11.9. The van der Waals surface area contributed by atoms with Crippen LogP contribution in [0.4, 0.5) is 11.4 Å². The molecule has 0 saturated heterocycles. The number of hydrogen-bond acceptors (Lipinski definition) is 6. The number of non-ortho nitro benzene ring substituents is 1. The van der Waals surface area contributed by atoms with Gasteiger partial charge < -0.3 is 9.64 Å². The molecule has 1 amide bonds. The number of carbonyl (C=O) groups excluding carboxylic acids is 2. The van der Waals surface area contributed by atoms with Crippen LogP contribution < -0.4 is 4.90 Å². The van der Waals surface area contributed by atoms with Gasteiger partial charge in [-0.05, 0) is 24.3 Å². The molecular formula is C17H13N3O5. The van der Waals surface area contributed by atoms with Crippen molar-refractivity contribution in [3.05, 3.63) is 69.3 Å². The lowest BCUT2D eigenvalue weighted by molar-refractivity contribution is -0.384. The molecule has 126 valence electrons. The van der Waals surface area contributed by atoms with Crippen molar-refractivity contribution in [2.45, 2.75) is 0 Å². The number of rotatable bonds is 4. The number of anilines is 1. The fourth-order valence-electron chi connectivity index (χ4n) is 2.17. The third-order valence-electron chi connectivity index (χ3n) is 3.46. The monoisotopic (exact) mass is 339 g/mol. The number of benzene rings is 2. The Morgan fingerprint density at radius 2 is 1.88 bits per heavy atom. The normalized spacial score (nSPS) is 9.80. The highest BCUT2D eigenvalue weighted by atomic mass is 16.6. The first-order valence-electron chi connectivity index (χ1n) is 7.03. The highest BCUT2D eigenvalue weighted by Crippen LogP contribution is 2.22. The first-order valence-corrected chi connectivity index (χ1v) is 7.03. The number of esters is 1. The minimum Gasteiger partial charge on any atom is -0.465 e. The number of nitrogens with zero attached hydrogens (tertiary/aromatic N) is 3. The smallest absolute Gasteiger partial charge is 0.338 e. The molecule has 8 heteroatoms. The molecule has 0 bridgehead atoms. The van der Waals surface area contributed by atoms with Gasteiger partial charge in [-0.25, -0.2) is 4.79 Å². The van der Waals surface area contributed by atoms with E-state index in [1.807, 2.05) is 6.07 Å². The van der Waals surface area contributed by atoms with E-state index in [0.29, 0.717) is 11.3 Å². The second-order valence-electron chi connectivity index (χ2n) is 5.04. The Morgan fingerprint density at radius 3 is 2.48 bits per heavy atom. The molecule has 25 heavy (non-hydrogen) atoms. The Kier molecular flexibility index (Phi) is 5.09. The average molecular weight is 339 g/mol. The summed E-state index contributed by atoms with van der Waals surface area (Å²) in [5, 5.41) is 20.0. The molecule has 2 aromatic rings. The highest BCUT2D eigenvalue weighted by Gasteiger charge is 2.21. The third-order valence-corrected chi connectivity index (χ3v) is 3.46. The summed E-state index contributed by atoms with van der Waals surface area (Å²) in [7, 11) is 2.61. The predicted octanol–water partition coefficient (Wildman–Crippen LogP) is 2.53. The van der Waals surface area contributed by atoms with E-state index in [1.54, 1.807) is 18.2 Å². The van der Waals surface area contributed by atoms with Gasteiger partial charge in [-0.15, -0.1) is 0 Å². The van der Waals surface area contributed by atoms with Crippen molar-refractivity contribution in [1.29, 1.82) is 5.26 Å². The Hall–Kier alpha value is -3.73. The van der Waals surface area contributed by atoms with Crippen LogP contribution in [0.25, 0.3) is 0 Å². The van der Waals surface area contributed by atoms with Gasteiger partial charge in [0, 0.05) is 30.4 Å².